The van der Waals surface area contributed by atoms with Crippen LogP contribution in [0.3, 0.4) is 0 Å². The molecule has 1 fully saturated rings. The molecule has 0 atom stereocenters. The molecule has 25 heavy (non-hydrogen) atoms. The summed E-state index contributed by atoms with van der Waals surface area (Å²) in [5, 5.41) is 12.8. The van der Waals surface area contributed by atoms with Crippen LogP contribution in [0.5, 0.6) is 5.75 Å². The van der Waals surface area contributed by atoms with Crippen molar-refractivity contribution in [3.8, 4) is 5.75 Å². The molecule has 0 heterocycles. The largest absolute Gasteiger partial charge is 0.426 e. The lowest BCUT2D eigenvalue weighted by molar-refractivity contribution is -0.141. The van der Waals surface area contributed by atoms with Gasteiger partial charge in [-0.1, -0.05) is 57.2 Å². The Bertz CT molecular complexity index is 744. The second-order valence-corrected chi connectivity index (χ2v) is 8.49. The van der Waals surface area contributed by atoms with Crippen LogP contribution in [0, 0.1) is 11.3 Å². The molecule has 0 unspecified atom stereocenters. The molecule has 0 spiro atoms. The van der Waals surface area contributed by atoms with Gasteiger partial charge in [-0.05, 0) is 48.5 Å². The molecular formula is C22H28O3. The number of hydrogen-bond donors (Lipinski definition) is 1. The SMILES string of the molecule is CC(C)(C)C1CCC(O)(CC(=O)Oc2cccc3ccccc23)CC1. The van der Waals surface area contributed by atoms with Gasteiger partial charge in [0.25, 0.3) is 0 Å². The maximum absolute atomic E-state index is 12.4. The highest BCUT2D eigenvalue weighted by molar-refractivity contribution is 5.90. The molecule has 134 valence electrons. The Balaban J connectivity index is 1.65. The van der Waals surface area contributed by atoms with Crippen LogP contribution < -0.4 is 4.74 Å². The number of hydrogen-bond acceptors (Lipinski definition) is 3. The highest BCUT2D eigenvalue weighted by atomic mass is 16.5. The summed E-state index contributed by atoms with van der Waals surface area (Å²) in [7, 11) is 0. The van der Waals surface area contributed by atoms with E-state index in [0.717, 1.165) is 23.6 Å². The monoisotopic (exact) mass is 340 g/mol. The van der Waals surface area contributed by atoms with Crippen molar-refractivity contribution < 1.29 is 14.6 Å². The molecule has 0 bridgehead atoms. The fourth-order valence-electron chi connectivity index (χ4n) is 3.91. The van der Waals surface area contributed by atoms with Crippen molar-refractivity contribution in [2.24, 2.45) is 11.3 Å². The van der Waals surface area contributed by atoms with E-state index in [-0.39, 0.29) is 17.8 Å². The minimum atomic E-state index is -0.927. The van der Waals surface area contributed by atoms with Gasteiger partial charge in [0.15, 0.2) is 0 Å². The van der Waals surface area contributed by atoms with Crippen molar-refractivity contribution in [1.82, 2.24) is 0 Å². The third-order valence-electron chi connectivity index (χ3n) is 5.59. The summed E-state index contributed by atoms with van der Waals surface area (Å²) >= 11 is 0. The zero-order chi connectivity index (χ0) is 18.1. The van der Waals surface area contributed by atoms with E-state index in [1.54, 1.807) is 6.07 Å². The maximum atomic E-state index is 12.4. The molecule has 1 N–H and O–H groups in total. The zero-order valence-electron chi connectivity index (χ0n) is 15.4. The molecule has 0 aromatic heterocycles. The molecular weight excluding hydrogens is 312 g/mol. The van der Waals surface area contributed by atoms with Gasteiger partial charge in [-0.3, -0.25) is 4.79 Å². The predicted octanol–water partition coefficient (Wildman–Crippen LogP) is 5.10. The molecule has 0 saturated heterocycles. The van der Waals surface area contributed by atoms with Gasteiger partial charge in [0, 0.05) is 5.39 Å². The van der Waals surface area contributed by atoms with Gasteiger partial charge in [0.2, 0.25) is 0 Å². The smallest absolute Gasteiger partial charge is 0.314 e. The minimum absolute atomic E-state index is 0.0626. The minimum Gasteiger partial charge on any atom is -0.426 e. The van der Waals surface area contributed by atoms with Gasteiger partial charge in [0.05, 0.1) is 12.0 Å². The normalized spacial score (nSPS) is 24.2. The van der Waals surface area contributed by atoms with Gasteiger partial charge in [0.1, 0.15) is 5.75 Å². The summed E-state index contributed by atoms with van der Waals surface area (Å²) < 4.78 is 5.59. The van der Waals surface area contributed by atoms with E-state index in [1.165, 1.54) is 0 Å². The average molecular weight is 340 g/mol. The van der Waals surface area contributed by atoms with Crippen molar-refractivity contribution in [3.05, 3.63) is 42.5 Å². The Morgan fingerprint density at radius 1 is 1.12 bits per heavy atom. The van der Waals surface area contributed by atoms with Crippen molar-refractivity contribution >= 4 is 16.7 Å². The fraction of sp³-hybridized carbons (Fsp3) is 0.500. The first-order chi connectivity index (χ1) is 11.8. The lowest BCUT2D eigenvalue weighted by Crippen LogP contribution is -2.39. The lowest BCUT2D eigenvalue weighted by atomic mass is 9.68. The quantitative estimate of drug-likeness (QED) is 0.624. The molecule has 0 amide bonds. The summed E-state index contributed by atoms with van der Waals surface area (Å²) in [4.78, 5) is 12.4. The number of ether oxygens (including phenoxy) is 1. The molecule has 1 aliphatic rings. The molecule has 0 radical (unpaired) electrons. The molecule has 1 aliphatic carbocycles. The van der Waals surface area contributed by atoms with Crippen LogP contribution >= 0.6 is 0 Å². The Kier molecular flexibility index (Phi) is 4.88. The van der Waals surface area contributed by atoms with Gasteiger partial charge in [-0.15, -0.1) is 0 Å². The Labute approximate surface area is 150 Å². The first-order valence-electron chi connectivity index (χ1n) is 9.18. The standard InChI is InChI=1S/C22H28O3/c1-21(2,3)17-11-13-22(24,14-12-17)15-20(23)25-19-10-6-8-16-7-4-5-9-18(16)19/h4-10,17,24H,11-15H2,1-3H3. The number of esters is 1. The molecule has 2 aromatic carbocycles. The summed E-state index contributed by atoms with van der Waals surface area (Å²) in [6.45, 7) is 6.74. The number of benzene rings is 2. The molecule has 1 saturated carbocycles. The van der Waals surface area contributed by atoms with E-state index < -0.39 is 5.60 Å². The topological polar surface area (TPSA) is 46.5 Å². The molecule has 0 aliphatic heterocycles. The summed E-state index contributed by atoms with van der Waals surface area (Å²) in [6.07, 6.45) is 3.31. The summed E-state index contributed by atoms with van der Waals surface area (Å²) in [5.74, 6) is 0.810. The van der Waals surface area contributed by atoms with Gasteiger partial charge >= 0.3 is 5.97 Å². The van der Waals surface area contributed by atoms with Crippen molar-refractivity contribution in [2.45, 2.75) is 58.5 Å². The highest BCUT2D eigenvalue weighted by Crippen LogP contribution is 2.42. The first-order valence-corrected chi connectivity index (χ1v) is 9.18. The number of carbonyl (C=O) groups excluding carboxylic acids is 1. The van der Waals surface area contributed by atoms with Crippen LogP contribution in [0.25, 0.3) is 10.8 Å². The summed E-state index contributed by atoms with van der Waals surface area (Å²) in [6, 6.07) is 13.5. The van der Waals surface area contributed by atoms with Crippen molar-refractivity contribution in [1.29, 1.82) is 0 Å². The first kappa shape index (κ1) is 17.9. The lowest BCUT2D eigenvalue weighted by Gasteiger charge is -2.40. The van der Waals surface area contributed by atoms with Crippen LogP contribution in [-0.4, -0.2) is 16.7 Å². The Morgan fingerprint density at radius 3 is 2.44 bits per heavy atom. The maximum Gasteiger partial charge on any atom is 0.314 e. The molecule has 3 rings (SSSR count). The molecule has 3 heteroatoms. The van der Waals surface area contributed by atoms with Crippen LogP contribution in [0.1, 0.15) is 52.9 Å². The van der Waals surface area contributed by atoms with E-state index in [2.05, 4.69) is 20.8 Å². The predicted molar refractivity (Wildman–Crippen MR) is 101 cm³/mol. The zero-order valence-corrected chi connectivity index (χ0v) is 15.4. The second-order valence-electron chi connectivity index (χ2n) is 8.49. The Morgan fingerprint density at radius 2 is 1.76 bits per heavy atom. The van der Waals surface area contributed by atoms with Crippen LogP contribution in [-0.2, 0) is 4.79 Å². The highest BCUT2D eigenvalue weighted by Gasteiger charge is 2.39. The third-order valence-corrected chi connectivity index (χ3v) is 5.59. The van der Waals surface area contributed by atoms with Gasteiger partial charge < -0.3 is 9.84 Å². The number of aliphatic hydroxyl groups is 1. The van der Waals surface area contributed by atoms with Crippen LogP contribution in [0.15, 0.2) is 42.5 Å². The fourth-order valence-corrected chi connectivity index (χ4v) is 3.91. The molecule has 3 nitrogen and oxygen atoms in total. The Hall–Kier alpha value is -1.87. The van der Waals surface area contributed by atoms with E-state index >= 15 is 0 Å². The average Bonchev–Trinajstić information content (AvgIpc) is 2.54. The van der Waals surface area contributed by atoms with E-state index in [4.69, 9.17) is 4.74 Å². The number of fused-ring (bicyclic) bond motifs is 1. The molecule has 2 aromatic rings. The van der Waals surface area contributed by atoms with E-state index in [9.17, 15) is 9.90 Å². The van der Waals surface area contributed by atoms with E-state index in [1.807, 2.05) is 36.4 Å². The summed E-state index contributed by atoms with van der Waals surface area (Å²) in [5.41, 5.74) is -0.672. The third kappa shape index (κ3) is 4.21. The second kappa shape index (κ2) is 6.80. The van der Waals surface area contributed by atoms with Crippen molar-refractivity contribution in [3.63, 3.8) is 0 Å². The van der Waals surface area contributed by atoms with Crippen LogP contribution in [0.2, 0.25) is 0 Å². The van der Waals surface area contributed by atoms with Crippen LogP contribution in [0.4, 0.5) is 0 Å². The van der Waals surface area contributed by atoms with Crippen molar-refractivity contribution in [2.75, 3.05) is 0 Å². The number of rotatable bonds is 3. The van der Waals surface area contributed by atoms with E-state index in [0.29, 0.717) is 24.5 Å². The van der Waals surface area contributed by atoms with Gasteiger partial charge in [-0.25, -0.2) is 0 Å². The number of carbonyl (C=O) groups is 1. The van der Waals surface area contributed by atoms with Gasteiger partial charge in [-0.2, -0.15) is 0 Å².